The van der Waals surface area contributed by atoms with E-state index in [9.17, 15) is 9.18 Å². The van der Waals surface area contributed by atoms with E-state index < -0.39 is 5.82 Å². The molecule has 2 rings (SSSR count). The fraction of sp³-hybridized carbons (Fsp3) is 0.417. The Hall–Kier alpha value is -1.13. The van der Waals surface area contributed by atoms with Crippen molar-refractivity contribution in [1.29, 1.82) is 0 Å². The predicted octanol–water partition coefficient (Wildman–Crippen LogP) is 2.33. The van der Waals surface area contributed by atoms with Crippen molar-refractivity contribution >= 4 is 24.0 Å². The number of benzene rings is 1. The lowest BCUT2D eigenvalue weighted by atomic mass is 10.0. The van der Waals surface area contributed by atoms with Gasteiger partial charge in [0, 0.05) is 0 Å². The van der Waals surface area contributed by atoms with Crippen LogP contribution in [0.15, 0.2) is 24.3 Å². The SMILES string of the molecule is Cl.O=C(Nc1ccccc1F)[C@H]1CCCCN1. The topological polar surface area (TPSA) is 41.1 Å². The second-order valence-corrected chi connectivity index (χ2v) is 3.97. The molecule has 0 spiro atoms. The molecule has 1 heterocycles. The summed E-state index contributed by atoms with van der Waals surface area (Å²) in [6, 6.07) is 6.02. The van der Waals surface area contributed by atoms with Gasteiger partial charge in [-0.2, -0.15) is 0 Å². The molecule has 1 saturated heterocycles. The van der Waals surface area contributed by atoms with Gasteiger partial charge in [0.25, 0.3) is 0 Å². The third-order valence-corrected chi connectivity index (χ3v) is 2.76. The Balaban J connectivity index is 0.00000144. The van der Waals surface area contributed by atoms with E-state index in [4.69, 9.17) is 0 Å². The average molecular weight is 259 g/mol. The normalized spacial score (nSPS) is 19.2. The maximum Gasteiger partial charge on any atom is 0.241 e. The van der Waals surface area contributed by atoms with E-state index in [0.717, 1.165) is 25.8 Å². The van der Waals surface area contributed by atoms with Crippen LogP contribution in [0.3, 0.4) is 0 Å². The fourth-order valence-corrected chi connectivity index (χ4v) is 1.86. The molecule has 1 aromatic carbocycles. The van der Waals surface area contributed by atoms with Crippen molar-refractivity contribution in [2.45, 2.75) is 25.3 Å². The van der Waals surface area contributed by atoms with Crippen LogP contribution in [-0.2, 0) is 4.79 Å². The summed E-state index contributed by atoms with van der Waals surface area (Å²) < 4.78 is 13.3. The van der Waals surface area contributed by atoms with E-state index in [1.54, 1.807) is 18.2 Å². The molecule has 1 aromatic rings. The van der Waals surface area contributed by atoms with Gasteiger partial charge in [0.2, 0.25) is 5.91 Å². The minimum atomic E-state index is -0.397. The first kappa shape index (κ1) is 13.9. The number of rotatable bonds is 2. The molecule has 0 aromatic heterocycles. The first-order chi connectivity index (χ1) is 7.77. The second-order valence-electron chi connectivity index (χ2n) is 3.97. The summed E-state index contributed by atoms with van der Waals surface area (Å²) >= 11 is 0. The van der Waals surface area contributed by atoms with Gasteiger partial charge in [-0.15, -0.1) is 12.4 Å². The van der Waals surface area contributed by atoms with E-state index in [0.29, 0.717) is 0 Å². The second kappa shape index (κ2) is 6.57. The smallest absolute Gasteiger partial charge is 0.241 e. The molecule has 0 radical (unpaired) electrons. The van der Waals surface area contributed by atoms with Crippen molar-refractivity contribution in [1.82, 2.24) is 5.32 Å². The molecular formula is C12H16ClFN2O. The zero-order valence-corrected chi connectivity index (χ0v) is 10.2. The number of anilines is 1. The highest BCUT2D eigenvalue weighted by Gasteiger charge is 2.20. The number of hydrogen-bond acceptors (Lipinski definition) is 2. The molecule has 1 aliphatic heterocycles. The predicted molar refractivity (Wildman–Crippen MR) is 67.9 cm³/mol. The maximum atomic E-state index is 13.3. The van der Waals surface area contributed by atoms with E-state index in [1.807, 2.05) is 0 Å². The first-order valence-corrected chi connectivity index (χ1v) is 5.56. The zero-order chi connectivity index (χ0) is 11.4. The summed E-state index contributed by atoms with van der Waals surface area (Å²) in [4.78, 5) is 11.8. The highest BCUT2D eigenvalue weighted by Crippen LogP contribution is 2.14. The third-order valence-electron chi connectivity index (χ3n) is 2.76. The van der Waals surface area contributed by atoms with Gasteiger partial charge >= 0.3 is 0 Å². The van der Waals surface area contributed by atoms with Crippen LogP contribution < -0.4 is 10.6 Å². The largest absolute Gasteiger partial charge is 0.322 e. The van der Waals surface area contributed by atoms with Gasteiger partial charge in [0.1, 0.15) is 5.82 Å². The highest BCUT2D eigenvalue weighted by molar-refractivity contribution is 5.94. The van der Waals surface area contributed by atoms with E-state index in [-0.39, 0.29) is 30.0 Å². The van der Waals surface area contributed by atoms with E-state index in [2.05, 4.69) is 10.6 Å². The number of halogens is 2. The number of hydrogen-bond donors (Lipinski definition) is 2. The molecule has 2 N–H and O–H groups in total. The Bertz CT molecular complexity index is 381. The Morgan fingerprint density at radius 2 is 2.12 bits per heavy atom. The Kier molecular flexibility index (Phi) is 5.38. The van der Waals surface area contributed by atoms with Gasteiger partial charge in [-0.1, -0.05) is 18.6 Å². The number of amides is 1. The van der Waals surface area contributed by atoms with Crippen molar-refractivity contribution in [2.24, 2.45) is 0 Å². The summed E-state index contributed by atoms with van der Waals surface area (Å²) in [6.07, 6.45) is 2.96. The lowest BCUT2D eigenvalue weighted by Gasteiger charge is -2.22. The van der Waals surface area contributed by atoms with Crippen LogP contribution in [-0.4, -0.2) is 18.5 Å². The van der Waals surface area contributed by atoms with Crippen molar-refractivity contribution < 1.29 is 9.18 Å². The quantitative estimate of drug-likeness (QED) is 0.855. The monoisotopic (exact) mass is 258 g/mol. The van der Waals surface area contributed by atoms with Gasteiger partial charge in [-0.3, -0.25) is 4.79 Å². The molecule has 5 heteroatoms. The highest BCUT2D eigenvalue weighted by atomic mass is 35.5. The lowest BCUT2D eigenvalue weighted by Crippen LogP contribution is -2.43. The summed E-state index contributed by atoms with van der Waals surface area (Å²) in [7, 11) is 0. The molecule has 0 unspecified atom stereocenters. The number of carbonyl (C=O) groups is 1. The average Bonchev–Trinajstić information content (AvgIpc) is 2.33. The summed E-state index contributed by atoms with van der Waals surface area (Å²) in [5.74, 6) is -0.545. The Labute approximate surface area is 106 Å². The number of carbonyl (C=O) groups excluding carboxylic acids is 1. The van der Waals surface area contributed by atoms with Gasteiger partial charge in [-0.05, 0) is 31.5 Å². The maximum absolute atomic E-state index is 13.3. The van der Waals surface area contributed by atoms with Crippen LogP contribution in [0, 0.1) is 5.82 Å². The summed E-state index contributed by atoms with van der Waals surface area (Å²) in [5, 5.41) is 5.73. The van der Waals surface area contributed by atoms with Gasteiger partial charge in [0.05, 0.1) is 11.7 Å². The molecule has 3 nitrogen and oxygen atoms in total. The molecule has 94 valence electrons. The molecule has 1 fully saturated rings. The molecule has 0 bridgehead atoms. The number of nitrogens with one attached hydrogen (secondary N) is 2. The van der Waals surface area contributed by atoms with Gasteiger partial charge in [-0.25, -0.2) is 4.39 Å². The van der Waals surface area contributed by atoms with Crippen molar-refractivity contribution in [3.63, 3.8) is 0 Å². The number of para-hydroxylation sites is 1. The van der Waals surface area contributed by atoms with Gasteiger partial charge in [0.15, 0.2) is 0 Å². The van der Waals surface area contributed by atoms with Crippen molar-refractivity contribution in [3.05, 3.63) is 30.1 Å². The van der Waals surface area contributed by atoms with Crippen LogP contribution in [0.2, 0.25) is 0 Å². The molecule has 0 saturated carbocycles. The van der Waals surface area contributed by atoms with Crippen molar-refractivity contribution in [2.75, 3.05) is 11.9 Å². The summed E-state index contributed by atoms with van der Waals surface area (Å²) in [5.41, 5.74) is 0.250. The third kappa shape index (κ3) is 3.68. The van der Waals surface area contributed by atoms with E-state index >= 15 is 0 Å². The van der Waals surface area contributed by atoms with Crippen LogP contribution in [0.5, 0.6) is 0 Å². The van der Waals surface area contributed by atoms with Crippen LogP contribution >= 0.6 is 12.4 Å². The summed E-state index contributed by atoms with van der Waals surface area (Å²) in [6.45, 7) is 0.857. The lowest BCUT2D eigenvalue weighted by molar-refractivity contribution is -0.118. The molecule has 1 amide bonds. The molecule has 0 aliphatic carbocycles. The minimum absolute atomic E-state index is 0. The molecule has 17 heavy (non-hydrogen) atoms. The molecular weight excluding hydrogens is 243 g/mol. The van der Waals surface area contributed by atoms with Crippen LogP contribution in [0.1, 0.15) is 19.3 Å². The van der Waals surface area contributed by atoms with E-state index in [1.165, 1.54) is 6.07 Å². The molecule has 1 aliphatic rings. The minimum Gasteiger partial charge on any atom is -0.322 e. The van der Waals surface area contributed by atoms with Crippen molar-refractivity contribution in [3.8, 4) is 0 Å². The fourth-order valence-electron chi connectivity index (χ4n) is 1.86. The Morgan fingerprint density at radius 1 is 1.35 bits per heavy atom. The Morgan fingerprint density at radius 3 is 2.76 bits per heavy atom. The standard InChI is InChI=1S/C12H15FN2O.ClH/c13-9-5-1-2-6-10(9)15-12(16)11-7-3-4-8-14-11;/h1-2,5-6,11,14H,3-4,7-8H2,(H,15,16);1H/t11-;/m1./s1. The molecule has 1 atom stereocenters. The first-order valence-electron chi connectivity index (χ1n) is 5.56. The zero-order valence-electron chi connectivity index (χ0n) is 9.41. The van der Waals surface area contributed by atoms with Crippen LogP contribution in [0.4, 0.5) is 10.1 Å². The van der Waals surface area contributed by atoms with Crippen LogP contribution in [0.25, 0.3) is 0 Å². The number of piperidine rings is 1. The van der Waals surface area contributed by atoms with Gasteiger partial charge < -0.3 is 10.6 Å².